The zero-order chi connectivity index (χ0) is 24.1. The van der Waals surface area contributed by atoms with Gasteiger partial charge in [0.05, 0.1) is 26.8 Å². The summed E-state index contributed by atoms with van der Waals surface area (Å²) in [5.41, 5.74) is 0.274. The van der Waals surface area contributed by atoms with Crippen LogP contribution in [-0.4, -0.2) is 72.0 Å². The van der Waals surface area contributed by atoms with Gasteiger partial charge in [0.15, 0.2) is 11.5 Å². The van der Waals surface area contributed by atoms with E-state index in [9.17, 15) is 5.11 Å². The van der Waals surface area contributed by atoms with E-state index in [1.165, 1.54) is 45.2 Å². The van der Waals surface area contributed by atoms with Crippen LogP contribution in [0.15, 0.2) is 30.5 Å². The van der Waals surface area contributed by atoms with E-state index in [2.05, 4.69) is 20.1 Å². The summed E-state index contributed by atoms with van der Waals surface area (Å²) in [7, 11) is 1.66. The fourth-order valence-corrected chi connectivity index (χ4v) is 5.73. The number of likely N-dealkylation sites (tertiary alicyclic amines) is 1. The second kappa shape index (κ2) is 11.0. The fourth-order valence-electron chi connectivity index (χ4n) is 5.73. The molecule has 0 radical (unpaired) electrons. The van der Waals surface area contributed by atoms with Gasteiger partial charge >= 0.3 is 0 Å². The van der Waals surface area contributed by atoms with Crippen molar-refractivity contribution >= 4 is 17.5 Å². The smallest absolute Gasteiger partial charge is 0.229 e. The van der Waals surface area contributed by atoms with Crippen molar-refractivity contribution in [2.24, 2.45) is 5.92 Å². The Bertz CT molecular complexity index is 969. The number of anilines is 3. The Morgan fingerprint density at radius 2 is 1.86 bits per heavy atom. The van der Waals surface area contributed by atoms with Gasteiger partial charge in [-0.25, -0.2) is 4.98 Å². The molecule has 35 heavy (non-hydrogen) atoms. The summed E-state index contributed by atoms with van der Waals surface area (Å²) in [5.74, 6) is 3.22. The summed E-state index contributed by atoms with van der Waals surface area (Å²) in [6, 6.07) is 7.70. The first-order valence-corrected chi connectivity index (χ1v) is 13.2. The van der Waals surface area contributed by atoms with Gasteiger partial charge in [-0.2, -0.15) is 4.98 Å². The lowest BCUT2D eigenvalue weighted by atomic mass is 9.73. The van der Waals surface area contributed by atoms with Crippen molar-refractivity contribution in [2.45, 2.75) is 57.0 Å². The van der Waals surface area contributed by atoms with Crippen molar-refractivity contribution in [3.63, 3.8) is 0 Å². The lowest BCUT2D eigenvalue weighted by Gasteiger charge is -2.52. The molecule has 8 nitrogen and oxygen atoms in total. The molecule has 190 valence electrons. The maximum absolute atomic E-state index is 11.1. The first-order valence-electron chi connectivity index (χ1n) is 13.2. The van der Waals surface area contributed by atoms with Gasteiger partial charge in [0.25, 0.3) is 0 Å². The molecule has 8 heteroatoms. The highest BCUT2D eigenvalue weighted by atomic mass is 16.5. The Morgan fingerprint density at radius 3 is 2.63 bits per heavy atom. The van der Waals surface area contributed by atoms with E-state index in [1.807, 2.05) is 24.3 Å². The summed E-state index contributed by atoms with van der Waals surface area (Å²) in [4.78, 5) is 13.8. The number of methoxy groups -OCH3 is 1. The molecule has 0 spiro atoms. The van der Waals surface area contributed by atoms with Gasteiger partial charge in [-0.1, -0.05) is 19.3 Å². The van der Waals surface area contributed by atoms with Gasteiger partial charge in [-0.15, -0.1) is 0 Å². The molecule has 2 saturated heterocycles. The molecule has 0 bridgehead atoms. The van der Waals surface area contributed by atoms with E-state index in [4.69, 9.17) is 14.5 Å². The van der Waals surface area contributed by atoms with Crippen LogP contribution in [0.3, 0.4) is 0 Å². The van der Waals surface area contributed by atoms with Crippen LogP contribution >= 0.6 is 0 Å². The quantitative estimate of drug-likeness (QED) is 0.488. The molecule has 0 amide bonds. The van der Waals surface area contributed by atoms with Crippen molar-refractivity contribution in [2.75, 3.05) is 56.7 Å². The van der Waals surface area contributed by atoms with Gasteiger partial charge in [0, 0.05) is 24.5 Å². The van der Waals surface area contributed by atoms with Gasteiger partial charge in [0.1, 0.15) is 11.4 Å². The third kappa shape index (κ3) is 5.81. The van der Waals surface area contributed by atoms with Crippen LogP contribution in [0, 0.1) is 5.92 Å². The first kappa shape index (κ1) is 24.1. The highest BCUT2D eigenvalue weighted by Gasteiger charge is 2.47. The number of benzene rings is 1. The zero-order valence-corrected chi connectivity index (χ0v) is 20.9. The number of aliphatic hydroxyl groups is 1. The molecule has 0 unspecified atom stereocenters. The minimum atomic E-state index is -0.573. The summed E-state index contributed by atoms with van der Waals surface area (Å²) in [6.07, 6.45) is 11.4. The number of aromatic nitrogens is 2. The Hall–Kier alpha value is -2.58. The number of rotatable bonds is 10. The maximum Gasteiger partial charge on any atom is 0.229 e. The predicted molar refractivity (Wildman–Crippen MR) is 138 cm³/mol. The van der Waals surface area contributed by atoms with E-state index in [0.29, 0.717) is 37.3 Å². The minimum absolute atomic E-state index is 0.417. The second-order valence-electron chi connectivity index (χ2n) is 10.3. The number of nitrogens with one attached hydrogen (secondary N) is 1. The molecule has 5 rings (SSSR count). The SMILES string of the molecule is COc1ccc(Nc2nccc(N3CC(O)(C4CCCCC4)C3)n2)cc1OCCCN1CCCC1. The molecule has 1 aromatic carbocycles. The number of hydrogen-bond donors (Lipinski definition) is 2. The van der Waals surface area contributed by atoms with Crippen LogP contribution in [0.4, 0.5) is 17.5 Å². The third-order valence-electron chi connectivity index (χ3n) is 7.75. The third-order valence-corrected chi connectivity index (χ3v) is 7.75. The van der Waals surface area contributed by atoms with Crippen molar-refractivity contribution in [3.05, 3.63) is 30.5 Å². The molecule has 1 saturated carbocycles. The lowest BCUT2D eigenvalue weighted by Crippen LogP contribution is -2.66. The summed E-state index contributed by atoms with van der Waals surface area (Å²) in [6.45, 7) is 5.44. The minimum Gasteiger partial charge on any atom is -0.493 e. The fraction of sp³-hybridized carbons (Fsp3) is 0.630. The average molecular weight is 482 g/mol. The van der Waals surface area contributed by atoms with Crippen LogP contribution in [0.1, 0.15) is 51.4 Å². The second-order valence-corrected chi connectivity index (χ2v) is 10.3. The number of β-amino-alcohol motifs (C(OH)–C–C–N with tert-alkyl or cyclic N) is 1. The first-order chi connectivity index (χ1) is 17.1. The van der Waals surface area contributed by atoms with Crippen LogP contribution in [-0.2, 0) is 0 Å². The van der Waals surface area contributed by atoms with Crippen molar-refractivity contribution in [1.82, 2.24) is 14.9 Å². The maximum atomic E-state index is 11.1. The van der Waals surface area contributed by atoms with Crippen LogP contribution in [0.25, 0.3) is 0 Å². The van der Waals surface area contributed by atoms with Gasteiger partial charge < -0.3 is 29.7 Å². The van der Waals surface area contributed by atoms with E-state index in [1.54, 1.807) is 13.3 Å². The van der Waals surface area contributed by atoms with E-state index in [-0.39, 0.29) is 0 Å². The van der Waals surface area contributed by atoms with Crippen LogP contribution < -0.4 is 19.7 Å². The average Bonchev–Trinajstić information content (AvgIpc) is 3.39. The molecule has 1 aliphatic carbocycles. The molecule has 3 heterocycles. The highest BCUT2D eigenvalue weighted by Crippen LogP contribution is 2.40. The van der Waals surface area contributed by atoms with Crippen LogP contribution in [0.2, 0.25) is 0 Å². The van der Waals surface area contributed by atoms with E-state index < -0.39 is 5.60 Å². The van der Waals surface area contributed by atoms with Gasteiger partial charge in [-0.05, 0) is 69.3 Å². The van der Waals surface area contributed by atoms with E-state index in [0.717, 1.165) is 43.1 Å². The van der Waals surface area contributed by atoms with Crippen molar-refractivity contribution in [1.29, 1.82) is 0 Å². The highest BCUT2D eigenvalue weighted by molar-refractivity contribution is 5.61. The zero-order valence-electron chi connectivity index (χ0n) is 20.9. The normalized spacial score (nSPS) is 20.5. The number of hydrogen-bond acceptors (Lipinski definition) is 8. The molecule has 1 aromatic heterocycles. The Kier molecular flexibility index (Phi) is 7.58. The molecule has 0 atom stereocenters. The predicted octanol–water partition coefficient (Wildman–Crippen LogP) is 4.22. The van der Waals surface area contributed by atoms with Crippen molar-refractivity contribution in [3.8, 4) is 11.5 Å². The molecule has 2 aliphatic heterocycles. The molecule has 3 fully saturated rings. The molecular formula is C27H39N5O3. The molecule has 2 aromatic rings. The number of ether oxygens (including phenoxy) is 2. The van der Waals surface area contributed by atoms with Crippen LogP contribution in [0.5, 0.6) is 11.5 Å². The summed E-state index contributed by atoms with van der Waals surface area (Å²) in [5, 5.41) is 14.4. The molecule has 3 aliphatic rings. The number of nitrogens with zero attached hydrogens (tertiary/aromatic N) is 4. The Balaban J connectivity index is 1.17. The van der Waals surface area contributed by atoms with Crippen molar-refractivity contribution < 1.29 is 14.6 Å². The topological polar surface area (TPSA) is 83.0 Å². The monoisotopic (exact) mass is 481 g/mol. The van der Waals surface area contributed by atoms with E-state index >= 15 is 0 Å². The summed E-state index contributed by atoms with van der Waals surface area (Å²) < 4.78 is 11.6. The standard InChI is InChI=1S/C27H39N5O3/c1-34-23-11-10-22(18-24(23)35-17-7-16-31-14-5-6-15-31)29-26-28-13-12-25(30-26)32-19-27(33,20-32)21-8-3-2-4-9-21/h10-13,18,21,33H,2-9,14-17,19-20H2,1H3,(H,28,29,30). The summed E-state index contributed by atoms with van der Waals surface area (Å²) >= 11 is 0. The largest absolute Gasteiger partial charge is 0.493 e. The van der Waals surface area contributed by atoms with Gasteiger partial charge in [-0.3, -0.25) is 0 Å². The molecule has 2 N–H and O–H groups in total. The van der Waals surface area contributed by atoms with Gasteiger partial charge in [0.2, 0.25) is 5.95 Å². The molecular weight excluding hydrogens is 442 g/mol. The lowest BCUT2D eigenvalue weighted by molar-refractivity contribution is -0.0555. The Morgan fingerprint density at radius 1 is 1.06 bits per heavy atom. The Labute approximate surface area is 208 Å².